The summed E-state index contributed by atoms with van der Waals surface area (Å²) in [6.45, 7) is 7.22. The lowest BCUT2D eigenvalue weighted by molar-refractivity contribution is -0.125. The molecule has 6 nitrogen and oxygen atoms in total. The molecule has 144 valence electrons. The van der Waals surface area contributed by atoms with Crippen molar-refractivity contribution in [3.8, 4) is 5.75 Å². The number of hydrogen-bond acceptors (Lipinski definition) is 6. The van der Waals surface area contributed by atoms with Gasteiger partial charge in [-0.1, -0.05) is 17.8 Å². The molecule has 1 unspecified atom stereocenters. The van der Waals surface area contributed by atoms with Crippen LogP contribution in [0, 0.1) is 5.82 Å². The summed E-state index contributed by atoms with van der Waals surface area (Å²) < 4.78 is 20.1. The number of nitrogens with one attached hydrogen (secondary N) is 1. The minimum atomic E-state index is -0.868. The molecule has 8 heteroatoms. The average Bonchev–Trinajstić information content (AvgIpc) is 2.63. The Kier molecular flexibility index (Phi) is 6.79. The molecule has 0 spiro atoms. The molecule has 1 aromatic carbocycles. The maximum Gasteiger partial charge on any atom is 0.272 e. The first kappa shape index (κ1) is 20.7. The topological polar surface area (TPSA) is 72.8 Å². The van der Waals surface area contributed by atoms with Crippen LogP contribution in [0.25, 0.3) is 17.0 Å². The van der Waals surface area contributed by atoms with Gasteiger partial charge in [0.15, 0.2) is 5.82 Å². The fourth-order valence-corrected chi connectivity index (χ4v) is 2.78. The van der Waals surface area contributed by atoms with Crippen LogP contribution in [0.4, 0.5) is 4.39 Å². The Hall–Kier alpha value is -2.61. The first-order chi connectivity index (χ1) is 12.8. The van der Waals surface area contributed by atoms with Crippen LogP contribution in [-0.2, 0) is 9.63 Å². The number of carbonyl (C=O) groups excluding carboxylic acids is 1. The van der Waals surface area contributed by atoms with E-state index < -0.39 is 16.8 Å². The monoisotopic (exact) mass is 391 g/mol. The molecule has 0 aliphatic carbocycles. The first-order valence-electron chi connectivity index (χ1n) is 8.10. The number of carbonyl (C=O) groups is 1. The van der Waals surface area contributed by atoms with Gasteiger partial charge in [0.05, 0.1) is 11.8 Å². The van der Waals surface area contributed by atoms with Crippen molar-refractivity contribution < 1.29 is 18.8 Å². The van der Waals surface area contributed by atoms with Crippen LogP contribution < -0.4 is 10.1 Å². The van der Waals surface area contributed by atoms with Gasteiger partial charge in [0.1, 0.15) is 18.4 Å². The van der Waals surface area contributed by atoms with E-state index in [1.807, 2.05) is 0 Å². The highest BCUT2D eigenvalue weighted by Crippen LogP contribution is 2.26. The summed E-state index contributed by atoms with van der Waals surface area (Å²) in [5.41, 5.74) is -0.609. The van der Waals surface area contributed by atoms with E-state index in [0.717, 1.165) is 5.56 Å². The molecular formula is C19H22FN3O3S. The van der Waals surface area contributed by atoms with E-state index in [9.17, 15) is 9.18 Å². The Labute approximate surface area is 161 Å². The van der Waals surface area contributed by atoms with Gasteiger partial charge in [-0.3, -0.25) is 9.78 Å². The number of oxime groups is 1. The Morgan fingerprint density at radius 1 is 1.44 bits per heavy atom. The fraction of sp³-hybridized carbons (Fsp3) is 0.316. The van der Waals surface area contributed by atoms with E-state index in [4.69, 9.17) is 4.74 Å². The van der Waals surface area contributed by atoms with Crippen LogP contribution in [-0.4, -0.2) is 41.4 Å². The van der Waals surface area contributed by atoms with Crippen molar-refractivity contribution in [3.63, 3.8) is 0 Å². The number of rotatable bonds is 8. The van der Waals surface area contributed by atoms with Crippen LogP contribution in [0.2, 0.25) is 0 Å². The van der Waals surface area contributed by atoms with Gasteiger partial charge in [0, 0.05) is 17.6 Å². The molecule has 1 aromatic heterocycles. The number of pyridine rings is 1. The third kappa shape index (κ3) is 5.43. The molecule has 2 aromatic rings. The lowest BCUT2D eigenvalue weighted by Gasteiger charge is -2.24. The lowest BCUT2D eigenvalue weighted by Crippen LogP contribution is -2.49. The molecule has 0 bridgehead atoms. The minimum absolute atomic E-state index is 0.231. The number of benzene rings is 1. The van der Waals surface area contributed by atoms with E-state index in [1.54, 1.807) is 44.5 Å². The Morgan fingerprint density at radius 3 is 2.81 bits per heavy atom. The maximum absolute atomic E-state index is 14.3. The van der Waals surface area contributed by atoms with E-state index in [-0.39, 0.29) is 17.2 Å². The smallest absolute Gasteiger partial charge is 0.272 e. The summed E-state index contributed by atoms with van der Waals surface area (Å²) in [6.07, 6.45) is 6.37. The second-order valence-corrected chi connectivity index (χ2v) is 7.16. The molecule has 0 aliphatic rings. The van der Waals surface area contributed by atoms with Crippen molar-refractivity contribution in [1.29, 1.82) is 0 Å². The SMILES string of the molecule is C=Cc1cnc2c(F)cc(OC(SC)C(=O)NC(C)(C)C=NOC)cc2c1. The molecule has 2 rings (SSSR count). The number of amides is 1. The molecule has 0 radical (unpaired) electrons. The molecule has 0 saturated carbocycles. The van der Waals surface area contributed by atoms with E-state index in [1.165, 1.54) is 31.2 Å². The molecule has 1 amide bonds. The van der Waals surface area contributed by atoms with Crippen LogP contribution in [0.15, 0.2) is 36.1 Å². The van der Waals surface area contributed by atoms with Gasteiger partial charge in [0.25, 0.3) is 5.91 Å². The maximum atomic E-state index is 14.3. The molecule has 1 N–H and O–H groups in total. The Morgan fingerprint density at radius 2 is 2.19 bits per heavy atom. The van der Waals surface area contributed by atoms with Crippen LogP contribution >= 0.6 is 11.8 Å². The number of nitrogens with zero attached hydrogens (tertiary/aromatic N) is 2. The first-order valence-corrected chi connectivity index (χ1v) is 9.39. The minimum Gasteiger partial charge on any atom is -0.470 e. The summed E-state index contributed by atoms with van der Waals surface area (Å²) in [5.74, 6) is -0.652. The van der Waals surface area contributed by atoms with Crippen molar-refractivity contribution in [1.82, 2.24) is 10.3 Å². The van der Waals surface area contributed by atoms with Gasteiger partial charge < -0.3 is 14.9 Å². The standard InChI is InChI=1S/C19H22FN3O3S/c1-6-12-7-13-8-14(9-15(20)16(13)21-10-12)26-18(27-5)17(24)23-19(2,3)11-22-25-4/h6-11,18H,1H2,2-5H3,(H,23,24). The van der Waals surface area contributed by atoms with E-state index in [0.29, 0.717) is 5.39 Å². The summed E-state index contributed by atoms with van der Waals surface area (Å²) in [7, 11) is 1.42. The molecule has 1 atom stereocenters. The van der Waals surface area contributed by atoms with Crippen molar-refractivity contribution in [2.24, 2.45) is 5.16 Å². The zero-order chi connectivity index (χ0) is 20.0. The molecule has 1 heterocycles. The van der Waals surface area contributed by atoms with Gasteiger partial charge in [-0.2, -0.15) is 0 Å². The third-order valence-corrected chi connectivity index (χ3v) is 4.30. The predicted octanol–water partition coefficient (Wildman–Crippen LogP) is 3.61. The molecule has 0 saturated heterocycles. The summed E-state index contributed by atoms with van der Waals surface area (Å²) in [6, 6.07) is 4.62. The van der Waals surface area contributed by atoms with Gasteiger partial charge in [-0.05, 0) is 37.8 Å². The van der Waals surface area contributed by atoms with Crippen LogP contribution in [0.3, 0.4) is 0 Å². The van der Waals surface area contributed by atoms with Gasteiger partial charge in [-0.25, -0.2) is 4.39 Å². The Bertz CT molecular complexity index is 871. The summed E-state index contributed by atoms with van der Waals surface area (Å²) >= 11 is 1.19. The highest BCUT2D eigenvalue weighted by Gasteiger charge is 2.26. The molecule has 0 fully saturated rings. The molecule has 0 aliphatic heterocycles. The molecule has 27 heavy (non-hydrogen) atoms. The van der Waals surface area contributed by atoms with Crippen molar-refractivity contribution in [2.75, 3.05) is 13.4 Å². The summed E-state index contributed by atoms with van der Waals surface area (Å²) in [4.78, 5) is 21.3. The van der Waals surface area contributed by atoms with Gasteiger partial charge in [0.2, 0.25) is 5.44 Å². The number of thioether (sulfide) groups is 1. The third-order valence-electron chi connectivity index (χ3n) is 3.56. The Balaban J connectivity index is 2.23. The van der Waals surface area contributed by atoms with E-state index >= 15 is 0 Å². The van der Waals surface area contributed by atoms with E-state index in [2.05, 4.69) is 26.9 Å². The highest BCUT2D eigenvalue weighted by atomic mass is 32.2. The number of hydrogen-bond donors (Lipinski definition) is 1. The second kappa shape index (κ2) is 8.85. The zero-order valence-corrected chi connectivity index (χ0v) is 16.5. The van der Waals surface area contributed by atoms with Gasteiger partial charge in [-0.15, -0.1) is 11.8 Å². The zero-order valence-electron chi connectivity index (χ0n) is 15.7. The second-order valence-electron chi connectivity index (χ2n) is 6.26. The fourth-order valence-electron chi connectivity index (χ4n) is 2.30. The quantitative estimate of drug-likeness (QED) is 0.423. The van der Waals surface area contributed by atoms with Crippen LogP contribution in [0.5, 0.6) is 5.75 Å². The average molecular weight is 391 g/mol. The largest absolute Gasteiger partial charge is 0.470 e. The predicted molar refractivity (Wildman–Crippen MR) is 107 cm³/mol. The summed E-state index contributed by atoms with van der Waals surface area (Å²) in [5, 5.41) is 7.04. The number of ether oxygens (including phenoxy) is 1. The van der Waals surface area contributed by atoms with Gasteiger partial charge >= 0.3 is 0 Å². The number of fused-ring (bicyclic) bond motifs is 1. The number of halogens is 1. The number of aromatic nitrogens is 1. The van der Waals surface area contributed by atoms with Crippen LogP contribution in [0.1, 0.15) is 19.4 Å². The van der Waals surface area contributed by atoms with Crippen molar-refractivity contribution >= 4 is 40.9 Å². The lowest BCUT2D eigenvalue weighted by atomic mass is 10.1. The van der Waals surface area contributed by atoms with Crippen molar-refractivity contribution in [3.05, 3.63) is 42.4 Å². The molecular weight excluding hydrogens is 369 g/mol. The van der Waals surface area contributed by atoms with Crippen molar-refractivity contribution in [2.45, 2.75) is 24.8 Å². The highest BCUT2D eigenvalue weighted by molar-refractivity contribution is 7.99. The normalized spacial score (nSPS) is 12.8.